The van der Waals surface area contributed by atoms with Gasteiger partial charge < -0.3 is 20.1 Å². The fraction of sp³-hybridized carbons (Fsp3) is 0.875. The molecule has 0 amide bonds. The van der Waals surface area contributed by atoms with Crippen LogP contribution in [-0.4, -0.2) is 51.9 Å². The summed E-state index contributed by atoms with van der Waals surface area (Å²) in [5.74, 6) is 0.626. The van der Waals surface area contributed by atoms with Crippen LogP contribution in [0.1, 0.15) is 47.0 Å². The van der Waals surface area contributed by atoms with E-state index >= 15 is 0 Å². The maximum atomic E-state index is 11.0. The van der Waals surface area contributed by atoms with Crippen LogP contribution in [0.4, 0.5) is 0 Å². The van der Waals surface area contributed by atoms with Crippen molar-refractivity contribution in [2.45, 2.75) is 53.1 Å². The zero-order valence-electron chi connectivity index (χ0n) is 15.0. The molecule has 0 spiro atoms. The second-order valence-corrected chi connectivity index (χ2v) is 6.27. The molecule has 1 unspecified atom stereocenters. The summed E-state index contributed by atoms with van der Waals surface area (Å²) < 4.78 is 10.1. The summed E-state index contributed by atoms with van der Waals surface area (Å²) in [6.07, 6.45) is 2.23. The molecule has 0 aliphatic carbocycles. The van der Waals surface area contributed by atoms with E-state index in [1.165, 1.54) is 7.11 Å². The van der Waals surface area contributed by atoms with Gasteiger partial charge >= 0.3 is 5.97 Å². The highest BCUT2D eigenvalue weighted by Crippen LogP contribution is 2.21. The first-order valence-corrected chi connectivity index (χ1v) is 7.96. The largest absolute Gasteiger partial charge is 0.469 e. The number of guanidine groups is 1. The molecule has 0 heterocycles. The van der Waals surface area contributed by atoms with Crippen molar-refractivity contribution in [2.24, 2.45) is 10.4 Å². The first kappa shape index (κ1) is 20.7. The fourth-order valence-electron chi connectivity index (χ4n) is 1.92. The van der Waals surface area contributed by atoms with Crippen molar-refractivity contribution in [1.82, 2.24) is 10.6 Å². The number of nitrogens with one attached hydrogen (secondary N) is 2. The Labute approximate surface area is 135 Å². The van der Waals surface area contributed by atoms with E-state index in [-0.39, 0.29) is 17.5 Å². The summed E-state index contributed by atoms with van der Waals surface area (Å²) in [4.78, 5) is 15.6. The van der Waals surface area contributed by atoms with Crippen LogP contribution in [0.2, 0.25) is 0 Å². The molecule has 0 bridgehead atoms. The second-order valence-electron chi connectivity index (χ2n) is 6.27. The average Bonchev–Trinajstić information content (AvgIpc) is 2.45. The highest BCUT2D eigenvalue weighted by Gasteiger charge is 2.23. The van der Waals surface area contributed by atoms with Crippen molar-refractivity contribution in [3.63, 3.8) is 0 Å². The molecule has 0 aliphatic rings. The predicted molar refractivity (Wildman–Crippen MR) is 90.1 cm³/mol. The van der Waals surface area contributed by atoms with Gasteiger partial charge in [-0.25, -0.2) is 0 Å². The van der Waals surface area contributed by atoms with Crippen molar-refractivity contribution in [3.8, 4) is 0 Å². The van der Waals surface area contributed by atoms with Crippen LogP contribution in [0.3, 0.4) is 0 Å². The third-order valence-corrected chi connectivity index (χ3v) is 3.34. The lowest BCUT2D eigenvalue weighted by Gasteiger charge is -2.28. The Morgan fingerprint density at radius 2 is 1.86 bits per heavy atom. The Hall–Kier alpha value is -1.30. The van der Waals surface area contributed by atoms with Crippen molar-refractivity contribution >= 4 is 11.9 Å². The molecule has 0 aliphatic heterocycles. The molecular weight excluding hydrogens is 282 g/mol. The van der Waals surface area contributed by atoms with Gasteiger partial charge in [0.1, 0.15) is 0 Å². The lowest BCUT2D eigenvalue weighted by molar-refractivity contribution is -0.140. The molecule has 0 aromatic carbocycles. The van der Waals surface area contributed by atoms with Gasteiger partial charge in [0.15, 0.2) is 5.96 Å². The number of aliphatic imine (C=N–C) groups is 1. The normalized spacial score (nSPS) is 13.6. The smallest absolute Gasteiger partial charge is 0.305 e. The van der Waals surface area contributed by atoms with Crippen molar-refractivity contribution in [2.75, 3.05) is 33.9 Å². The summed E-state index contributed by atoms with van der Waals surface area (Å²) in [6.45, 7) is 10.7. The number of carbonyl (C=O) groups excluding carboxylic acids is 1. The van der Waals surface area contributed by atoms with Crippen LogP contribution < -0.4 is 10.6 Å². The van der Waals surface area contributed by atoms with Crippen molar-refractivity contribution < 1.29 is 14.3 Å². The van der Waals surface area contributed by atoms with Gasteiger partial charge in [0.25, 0.3) is 0 Å². The van der Waals surface area contributed by atoms with Crippen molar-refractivity contribution in [3.05, 3.63) is 0 Å². The Balaban J connectivity index is 4.23. The molecular formula is C16H33N3O3. The topological polar surface area (TPSA) is 72.0 Å². The Kier molecular flexibility index (Phi) is 10.6. The molecule has 0 aromatic rings. The minimum atomic E-state index is -0.159. The van der Waals surface area contributed by atoms with E-state index in [1.807, 2.05) is 6.92 Å². The number of hydrogen-bond acceptors (Lipinski definition) is 4. The number of esters is 1. The Morgan fingerprint density at radius 3 is 2.36 bits per heavy atom. The minimum Gasteiger partial charge on any atom is -0.469 e. The van der Waals surface area contributed by atoms with Crippen LogP contribution in [0, 0.1) is 5.41 Å². The highest BCUT2D eigenvalue weighted by atomic mass is 16.5. The van der Waals surface area contributed by atoms with Crippen LogP contribution in [0.5, 0.6) is 0 Å². The average molecular weight is 315 g/mol. The molecule has 6 nitrogen and oxygen atoms in total. The number of nitrogens with zero attached hydrogens (tertiary/aromatic N) is 1. The molecule has 0 saturated heterocycles. The van der Waals surface area contributed by atoms with Crippen LogP contribution in [0.25, 0.3) is 0 Å². The molecule has 0 radical (unpaired) electrons. The number of unbranched alkanes of at least 4 members (excludes halogenated alkanes) is 1. The maximum absolute atomic E-state index is 11.0. The standard InChI is InChI=1S/C16H33N3O3/c1-7-17-15(18-11-9-8-10-14(20)22-6)19-12-13(21-5)16(2,3)4/h13H,7-12H2,1-6H3,(H2,17,18,19). The predicted octanol–water partition coefficient (Wildman–Crippen LogP) is 1.95. The lowest BCUT2D eigenvalue weighted by atomic mass is 9.89. The summed E-state index contributed by atoms with van der Waals surface area (Å²) in [5.41, 5.74) is 0.0517. The minimum absolute atomic E-state index is 0.0517. The zero-order valence-corrected chi connectivity index (χ0v) is 15.0. The first-order valence-electron chi connectivity index (χ1n) is 7.96. The summed E-state index contributed by atoms with van der Waals surface area (Å²) in [7, 11) is 3.14. The second kappa shape index (κ2) is 11.3. The Morgan fingerprint density at radius 1 is 1.18 bits per heavy atom. The third-order valence-electron chi connectivity index (χ3n) is 3.34. The molecule has 0 rings (SSSR count). The van der Waals surface area contributed by atoms with Crippen LogP contribution in [-0.2, 0) is 14.3 Å². The van der Waals surface area contributed by atoms with E-state index in [2.05, 4.69) is 41.1 Å². The van der Waals surface area contributed by atoms with E-state index in [9.17, 15) is 4.79 Å². The molecule has 1 atom stereocenters. The molecule has 0 fully saturated rings. The number of methoxy groups -OCH3 is 2. The molecule has 2 N–H and O–H groups in total. The molecule has 6 heteroatoms. The summed E-state index contributed by atoms with van der Waals surface area (Å²) in [5, 5.41) is 6.49. The third kappa shape index (κ3) is 9.60. The van der Waals surface area contributed by atoms with Gasteiger partial charge in [-0.05, 0) is 25.2 Å². The molecule has 130 valence electrons. The van der Waals surface area contributed by atoms with Crippen LogP contribution >= 0.6 is 0 Å². The highest BCUT2D eigenvalue weighted by molar-refractivity contribution is 5.79. The van der Waals surface area contributed by atoms with E-state index < -0.39 is 0 Å². The summed E-state index contributed by atoms with van der Waals surface area (Å²) >= 11 is 0. The summed E-state index contributed by atoms with van der Waals surface area (Å²) in [6, 6.07) is 0. The lowest BCUT2D eigenvalue weighted by Crippen LogP contribution is -2.39. The maximum Gasteiger partial charge on any atom is 0.305 e. The SMILES string of the molecule is CCNC(=NCC(OC)C(C)(C)C)NCCCCC(=O)OC. The van der Waals surface area contributed by atoms with E-state index in [0.29, 0.717) is 13.0 Å². The number of hydrogen-bond donors (Lipinski definition) is 2. The van der Waals surface area contributed by atoms with Gasteiger partial charge in [0.2, 0.25) is 0 Å². The van der Waals surface area contributed by atoms with E-state index in [0.717, 1.165) is 31.9 Å². The van der Waals surface area contributed by atoms with Crippen LogP contribution in [0.15, 0.2) is 4.99 Å². The monoisotopic (exact) mass is 315 g/mol. The number of ether oxygens (including phenoxy) is 2. The van der Waals surface area contributed by atoms with Gasteiger partial charge in [-0.1, -0.05) is 20.8 Å². The molecule has 0 saturated carbocycles. The Bertz CT molecular complexity index is 338. The van der Waals surface area contributed by atoms with Gasteiger partial charge in [0, 0.05) is 26.6 Å². The van der Waals surface area contributed by atoms with Gasteiger partial charge in [-0.2, -0.15) is 0 Å². The first-order chi connectivity index (χ1) is 10.3. The molecule has 22 heavy (non-hydrogen) atoms. The zero-order chi connectivity index (χ0) is 17.0. The van der Waals surface area contributed by atoms with Crippen molar-refractivity contribution in [1.29, 1.82) is 0 Å². The van der Waals surface area contributed by atoms with E-state index in [1.54, 1.807) is 7.11 Å². The number of carbonyl (C=O) groups is 1. The molecule has 0 aromatic heterocycles. The number of rotatable bonds is 9. The van der Waals surface area contributed by atoms with Gasteiger partial charge in [0.05, 0.1) is 19.8 Å². The van der Waals surface area contributed by atoms with E-state index in [4.69, 9.17) is 4.74 Å². The fourth-order valence-corrected chi connectivity index (χ4v) is 1.92. The quantitative estimate of drug-likeness (QED) is 0.294. The van der Waals surface area contributed by atoms with Gasteiger partial charge in [-0.15, -0.1) is 0 Å². The van der Waals surface area contributed by atoms with Gasteiger partial charge in [-0.3, -0.25) is 9.79 Å².